The van der Waals surface area contributed by atoms with Crippen molar-refractivity contribution in [1.82, 2.24) is 5.32 Å². The van der Waals surface area contributed by atoms with Gasteiger partial charge in [-0.3, -0.25) is 4.79 Å². The van der Waals surface area contributed by atoms with E-state index < -0.39 is 0 Å². The number of carbonyl (C=O) groups excluding carboxylic acids is 1. The zero-order valence-electron chi connectivity index (χ0n) is 9.43. The molecule has 3 heteroatoms. The minimum absolute atomic E-state index is 0.0202. The van der Waals surface area contributed by atoms with E-state index in [9.17, 15) is 4.79 Å². The van der Waals surface area contributed by atoms with Crippen LogP contribution in [0.5, 0.6) is 0 Å². The largest absolute Gasteiger partial charge is 0.372 e. The van der Waals surface area contributed by atoms with Crippen LogP contribution < -0.4 is 5.32 Å². The summed E-state index contributed by atoms with van der Waals surface area (Å²) >= 11 is 0. The van der Waals surface area contributed by atoms with E-state index in [2.05, 4.69) is 19.2 Å². The van der Waals surface area contributed by atoms with Crippen LogP contribution in [0.2, 0.25) is 0 Å². The van der Waals surface area contributed by atoms with Gasteiger partial charge in [-0.1, -0.05) is 20.3 Å². The highest BCUT2D eigenvalue weighted by atomic mass is 16.5. The summed E-state index contributed by atoms with van der Waals surface area (Å²) in [6.45, 7) is 7.12. The van der Waals surface area contributed by atoms with E-state index in [1.54, 1.807) is 0 Å². The monoisotopic (exact) mass is 199 g/mol. The van der Waals surface area contributed by atoms with Crippen LogP contribution in [0.25, 0.3) is 0 Å². The van der Waals surface area contributed by atoms with Gasteiger partial charge in [0.15, 0.2) is 0 Å². The first-order chi connectivity index (χ1) is 6.56. The Hall–Kier alpha value is -0.570. The third kappa shape index (κ3) is 2.98. The van der Waals surface area contributed by atoms with E-state index in [0.717, 1.165) is 6.42 Å². The van der Waals surface area contributed by atoms with Gasteiger partial charge < -0.3 is 10.1 Å². The molecule has 82 valence electrons. The number of amides is 1. The fourth-order valence-electron chi connectivity index (χ4n) is 2.03. The Morgan fingerprint density at radius 2 is 2.29 bits per heavy atom. The minimum atomic E-state index is 0.0202. The van der Waals surface area contributed by atoms with E-state index in [4.69, 9.17) is 4.74 Å². The molecule has 1 aliphatic carbocycles. The Bertz CT molecular complexity index is 201. The second-order valence-corrected chi connectivity index (χ2v) is 4.64. The van der Waals surface area contributed by atoms with Crippen LogP contribution in [-0.2, 0) is 9.53 Å². The third-order valence-electron chi connectivity index (χ3n) is 3.03. The van der Waals surface area contributed by atoms with Gasteiger partial charge in [0.1, 0.15) is 6.61 Å². The maximum absolute atomic E-state index is 11.4. The molecule has 1 aliphatic rings. The molecule has 3 nitrogen and oxygen atoms in total. The standard InChI is InChI=1S/C11H21NO2/c1-4-14-8-10(13)12-9-6-5-7-11(9,2)3/h9H,4-8H2,1-3H3,(H,12,13). The summed E-state index contributed by atoms with van der Waals surface area (Å²) < 4.78 is 5.06. The first-order valence-electron chi connectivity index (χ1n) is 5.43. The topological polar surface area (TPSA) is 38.3 Å². The van der Waals surface area contributed by atoms with Gasteiger partial charge >= 0.3 is 0 Å². The van der Waals surface area contributed by atoms with Crippen molar-refractivity contribution in [3.05, 3.63) is 0 Å². The molecular formula is C11H21NO2. The van der Waals surface area contributed by atoms with Gasteiger partial charge in [0.05, 0.1) is 0 Å². The molecule has 14 heavy (non-hydrogen) atoms. The van der Waals surface area contributed by atoms with Gasteiger partial charge in [-0.25, -0.2) is 0 Å². The number of rotatable bonds is 4. The van der Waals surface area contributed by atoms with E-state index in [0.29, 0.717) is 12.6 Å². The Morgan fingerprint density at radius 3 is 2.79 bits per heavy atom. The van der Waals surface area contributed by atoms with Gasteiger partial charge in [-0.2, -0.15) is 0 Å². The molecule has 0 radical (unpaired) electrons. The van der Waals surface area contributed by atoms with E-state index in [-0.39, 0.29) is 17.9 Å². The predicted molar refractivity (Wildman–Crippen MR) is 56.1 cm³/mol. The van der Waals surface area contributed by atoms with Crippen LogP contribution in [0.15, 0.2) is 0 Å². The van der Waals surface area contributed by atoms with Gasteiger partial charge in [-0.05, 0) is 25.2 Å². The van der Waals surface area contributed by atoms with E-state index in [1.807, 2.05) is 6.92 Å². The molecule has 0 aromatic rings. The summed E-state index contributed by atoms with van der Waals surface area (Å²) in [6, 6.07) is 0.329. The number of carbonyl (C=O) groups is 1. The lowest BCUT2D eigenvalue weighted by Crippen LogP contribution is -2.43. The molecule has 1 unspecified atom stereocenters. The Labute approximate surface area is 86.2 Å². The highest BCUT2D eigenvalue weighted by Crippen LogP contribution is 2.36. The van der Waals surface area contributed by atoms with Gasteiger partial charge in [-0.15, -0.1) is 0 Å². The van der Waals surface area contributed by atoms with Crippen molar-refractivity contribution in [3.8, 4) is 0 Å². The summed E-state index contributed by atoms with van der Waals surface area (Å²) in [6.07, 6.45) is 3.52. The fourth-order valence-corrected chi connectivity index (χ4v) is 2.03. The molecule has 1 amide bonds. The minimum Gasteiger partial charge on any atom is -0.372 e. The number of hydrogen-bond acceptors (Lipinski definition) is 2. The lowest BCUT2D eigenvalue weighted by molar-refractivity contribution is -0.126. The molecule has 0 aliphatic heterocycles. The van der Waals surface area contributed by atoms with Crippen molar-refractivity contribution in [2.75, 3.05) is 13.2 Å². The molecule has 0 bridgehead atoms. The van der Waals surface area contributed by atoms with Gasteiger partial charge in [0, 0.05) is 12.6 Å². The van der Waals surface area contributed by atoms with Crippen molar-refractivity contribution in [3.63, 3.8) is 0 Å². The summed E-state index contributed by atoms with van der Waals surface area (Å²) in [5.74, 6) is 0.0202. The average molecular weight is 199 g/mol. The number of hydrogen-bond donors (Lipinski definition) is 1. The fraction of sp³-hybridized carbons (Fsp3) is 0.909. The molecule has 0 heterocycles. The molecule has 0 aromatic carbocycles. The van der Waals surface area contributed by atoms with Gasteiger partial charge in [0.25, 0.3) is 0 Å². The molecule has 0 aromatic heterocycles. The molecule has 1 fully saturated rings. The number of nitrogens with one attached hydrogen (secondary N) is 1. The molecular weight excluding hydrogens is 178 g/mol. The van der Waals surface area contributed by atoms with Crippen LogP contribution in [0.1, 0.15) is 40.0 Å². The summed E-state index contributed by atoms with van der Waals surface area (Å²) in [7, 11) is 0. The van der Waals surface area contributed by atoms with Crippen LogP contribution in [-0.4, -0.2) is 25.2 Å². The molecule has 1 N–H and O–H groups in total. The number of ether oxygens (including phenoxy) is 1. The predicted octanol–water partition coefficient (Wildman–Crippen LogP) is 1.72. The van der Waals surface area contributed by atoms with Gasteiger partial charge in [0.2, 0.25) is 5.91 Å². The van der Waals surface area contributed by atoms with Crippen LogP contribution in [0, 0.1) is 5.41 Å². The molecule has 0 spiro atoms. The highest BCUT2D eigenvalue weighted by molar-refractivity contribution is 5.77. The summed E-state index contributed by atoms with van der Waals surface area (Å²) in [5.41, 5.74) is 0.252. The Balaban J connectivity index is 2.33. The van der Waals surface area contributed by atoms with E-state index in [1.165, 1.54) is 12.8 Å². The van der Waals surface area contributed by atoms with Crippen molar-refractivity contribution in [2.45, 2.75) is 46.1 Å². The third-order valence-corrected chi connectivity index (χ3v) is 3.03. The second-order valence-electron chi connectivity index (χ2n) is 4.64. The SMILES string of the molecule is CCOCC(=O)NC1CCCC1(C)C. The molecule has 0 saturated heterocycles. The maximum atomic E-state index is 11.4. The quantitative estimate of drug-likeness (QED) is 0.748. The smallest absolute Gasteiger partial charge is 0.246 e. The zero-order valence-corrected chi connectivity index (χ0v) is 9.43. The first-order valence-corrected chi connectivity index (χ1v) is 5.43. The normalized spacial score (nSPS) is 24.9. The summed E-state index contributed by atoms with van der Waals surface area (Å²) in [5, 5.41) is 3.04. The molecule has 1 atom stereocenters. The van der Waals surface area contributed by atoms with Crippen LogP contribution in [0.4, 0.5) is 0 Å². The van der Waals surface area contributed by atoms with Crippen LogP contribution >= 0.6 is 0 Å². The zero-order chi connectivity index (χ0) is 10.6. The van der Waals surface area contributed by atoms with Crippen molar-refractivity contribution >= 4 is 5.91 Å². The highest BCUT2D eigenvalue weighted by Gasteiger charge is 2.35. The maximum Gasteiger partial charge on any atom is 0.246 e. The molecule has 1 rings (SSSR count). The molecule has 1 saturated carbocycles. The average Bonchev–Trinajstić information content (AvgIpc) is 2.43. The first kappa shape index (κ1) is 11.5. The van der Waals surface area contributed by atoms with Crippen LogP contribution in [0.3, 0.4) is 0 Å². The summed E-state index contributed by atoms with van der Waals surface area (Å²) in [4.78, 5) is 11.4. The Morgan fingerprint density at radius 1 is 1.57 bits per heavy atom. The van der Waals surface area contributed by atoms with Crippen molar-refractivity contribution in [1.29, 1.82) is 0 Å². The Kier molecular flexibility index (Phi) is 3.93. The van der Waals surface area contributed by atoms with Crippen molar-refractivity contribution < 1.29 is 9.53 Å². The second kappa shape index (κ2) is 4.78. The van der Waals surface area contributed by atoms with E-state index >= 15 is 0 Å². The lowest BCUT2D eigenvalue weighted by atomic mass is 9.87. The van der Waals surface area contributed by atoms with Crippen molar-refractivity contribution in [2.24, 2.45) is 5.41 Å². The lowest BCUT2D eigenvalue weighted by Gasteiger charge is -2.27.